The minimum absolute atomic E-state index is 0.0667. The topological polar surface area (TPSA) is 62.0 Å². The monoisotopic (exact) mass is 524 g/mol. The van der Waals surface area contributed by atoms with Crippen LogP contribution in [-0.4, -0.2) is 25.4 Å². The zero-order valence-corrected chi connectivity index (χ0v) is 22.4. The summed E-state index contributed by atoms with van der Waals surface area (Å²) in [5.74, 6) is 2.24. The lowest BCUT2D eigenvalue weighted by Gasteiger charge is -2.31. The van der Waals surface area contributed by atoms with Crippen LogP contribution >= 0.6 is 11.3 Å². The molecule has 7 heteroatoms. The lowest BCUT2D eigenvalue weighted by Crippen LogP contribution is -2.39. The van der Waals surface area contributed by atoms with Crippen molar-refractivity contribution in [3.05, 3.63) is 114 Å². The smallest absolute Gasteiger partial charge is 0.271 e. The number of rotatable bonds is 6. The number of nitrogens with zero attached hydrogens (tertiary/aromatic N) is 2. The molecule has 1 aliphatic heterocycles. The average Bonchev–Trinajstić information content (AvgIpc) is 3.26. The largest absolute Gasteiger partial charge is 0.497 e. The molecule has 1 atom stereocenters. The van der Waals surface area contributed by atoms with Crippen LogP contribution in [0.2, 0.25) is 0 Å². The second-order valence-corrected chi connectivity index (χ2v) is 10.2. The van der Waals surface area contributed by atoms with Crippen molar-refractivity contribution in [3.8, 4) is 17.2 Å². The molecule has 1 aliphatic carbocycles. The van der Waals surface area contributed by atoms with E-state index in [-0.39, 0.29) is 11.6 Å². The normalized spacial score (nSPS) is 16.3. The van der Waals surface area contributed by atoms with E-state index in [1.807, 2.05) is 66.1 Å². The number of methoxy groups -OCH3 is 2. The van der Waals surface area contributed by atoms with E-state index in [0.29, 0.717) is 27.4 Å². The van der Waals surface area contributed by atoms with Gasteiger partial charge in [-0.2, -0.15) is 0 Å². The number of fused-ring (bicyclic) bond motifs is 3. The number of hydrogen-bond acceptors (Lipinski definition) is 6. The van der Waals surface area contributed by atoms with Crippen molar-refractivity contribution in [2.24, 2.45) is 4.99 Å². The van der Waals surface area contributed by atoms with Gasteiger partial charge < -0.3 is 14.2 Å². The van der Waals surface area contributed by atoms with Crippen LogP contribution in [0.4, 0.5) is 0 Å². The highest BCUT2D eigenvalue weighted by Gasteiger charge is 2.34. The van der Waals surface area contributed by atoms with Gasteiger partial charge in [-0.05, 0) is 72.9 Å². The van der Waals surface area contributed by atoms with Gasteiger partial charge in [0.05, 0.1) is 37.1 Å². The second-order valence-electron chi connectivity index (χ2n) is 9.22. The van der Waals surface area contributed by atoms with Crippen LogP contribution in [-0.2, 0) is 6.42 Å². The van der Waals surface area contributed by atoms with E-state index >= 15 is 0 Å². The molecule has 38 heavy (non-hydrogen) atoms. The van der Waals surface area contributed by atoms with Gasteiger partial charge in [0.2, 0.25) is 0 Å². The molecule has 0 unspecified atom stereocenters. The van der Waals surface area contributed by atoms with Crippen molar-refractivity contribution < 1.29 is 14.2 Å². The van der Waals surface area contributed by atoms with E-state index in [1.54, 1.807) is 14.2 Å². The Kier molecular flexibility index (Phi) is 6.37. The first-order valence-electron chi connectivity index (χ1n) is 12.7. The summed E-state index contributed by atoms with van der Waals surface area (Å²) in [7, 11) is 3.31. The van der Waals surface area contributed by atoms with Gasteiger partial charge in [0, 0.05) is 11.1 Å². The fourth-order valence-corrected chi connectivity index (χ4v) is 6.33. The number of ether oxygens (including phenoxy) is 3. The first kappa shape index (κ1) is 24.2. The fraction of sp³-hybridized carbons (Fsp3) is 0.226. The highest BCUT2D eigenvalue weighted by molar-refractivity contribution is 7.07. The van der Waals surface area contributed by atoms with Crippen molar-refractivity contribution in [2.45, 2.75) is 25.8 Å². The summed E-state index contributed by atoms with van der Waals surface area (Å²) < 4.78 is 19.4. The molecule has 6 nitrogen and oxygen atoms in total. The van der Waals surface area contributed by atoms with Crippen LogP contribution in [0.15, 0.2) is 82.1 Å². The second kappa shape index (κ2) is 9.99. The van der Waals surface area contributed by atoms with E-state index in [4.69, 9.17) is 19.2 Å². The predicted octanol–water partition coefficient (Wildman–Crippen LogP) is 4.73. The zero-order valence-electron chi connectivity index (χ0n) is 21.6. The van der Waals surface area contributed by atoms with Crippen LogP contribution in [0.5, 0.6) is 17.2 Å². The molecule has 192 valence electrons. The maximum atomic E-state index is 14.0. The molecule has 6 rings (SSSR count). The third-order valence-corrected chi connectivity index (χ3v) is 8.08. The van der Waals surface area contributed by atoms with Crippen molar-refractivity contribution in [3.63, 3.8) is 0 Å². The Hall–Kier alpha value is -4.10. The van der Waals surface area contributed by atoms with Gasteiger partial charge in [-0.25, -0.2) is 4.99 Å². The number of aromatic nitrogens is 1. The molecule has 3 aromatic carbocycles. The average molecular weight is 525 g/mol. The molecule has 0 fully saturated rings. The minimum atomic E-state index is -0.345. The van der Waals surface area contributed by atoms with Gasteiger partial charge >= 0.3 is 0 Å². The Morgan fingerprint density at radius 2 is 1.79 bits per heavy atom. The van der Waals surface area contributed by atoms with Crippen LogP contribution in [0.1, 0.15) is 41.6 Å². The lowest BCUT2D eigenvalue weighted by molar-refractivity contribution is 0.340. The van der Waals surface area contributed by atoms with Gasteiger partial charge in [-0.1, -0.05) is 47.7 Å². The quantitative estimate of drug-likeness (QED) is 0.366. The summed E-state index contributed by atoms with van der Waals surface area (Å²) in [5.41, 5.74) is 6.24. The Morgan fingerprint density at radius 3 is 2.55 bits per heavy atom. The van der Waals surface area contributed by atoms with Crippen molar-refractivity contribution in [1.29, 1.82) is 0 Å². The fourth-order valence-electron chi connectivity index (χ4n) is 5.33. The van der Waals surface area contributed by atoms with Gasteiger partial charge in [-0.15, -0.1) is 0 Å². The lowest BCUT2D eigenvalue weighted by atomic mass is 9.83. The highest BCUT2D eigenvalue weighted by Crippen LogP contribution is 2.44. The van der Waals surface area contributed by atoms with E-state index in [9.17, 15) is 4.79 Å². The van der Waals surface area contributed by atoms with Gasteiger partial charge in [0.15, 0.2) is 4.80 Å². The number of thiazole rings is 1. The third-order valence-electron chi connectivity index (χ3n) is 7.09. The van der Waals surface area contributed by atoms with Gasteiger partial charge in [0.1, 0.15) is 17.2 Å². The summed E-state index contributed by atoms with van der Waals surface area (Å²) in [6.07, 6.45) is 3.63. The molecular weight excluding hydrogens is 496 g/mol. The SMILES string of the molecule is CCOc1ccc(C=c2sc3n(c2=O)[C@@H](c2cc(OC)ccc2OC)C2=C(N=3)c3ccccc3CC2)cc1. The van der Waals surface area contributed by atoms with Crippen LogP contribution in [0.25, 0.3) is 11.8 Å². The number of hydrogen-bond donors (Lipinski definition) is 0. The molecule has 0 spiro atoms. The summed E-state index contributed by atoms with van der Waals surface area (Å²) in [4.78, 5) is 19.8. The standard InChI is InChI=1S/C31H28N2O4S/c1-4-37-21-12-9-19(10-13-21)17-27-30(34)33-29(25-18-22(35-2)14-16-26(25)36-3)24-15-11-20-7-5-6-8-23(20)28(24)32-31(33)38-27/h5-10,12-14,16-18,29H,4,11,15H2,1-3H3/t29-/m1/s1. The van der Waals surface area contributed by atoms with Crippen LogP contribution in [0, 0.1) is 0 Å². The van der Waals surface area contributed by atoms with Gasteiger partial charge in [0.25, 0.3) is 5.56 Å². The van der Waals surface area contributed by atoms with Crippen LogP contribution in [0.3, 0.4) is 0 Å². The van der Waals surface area contributed by atoms with E-state index in [2.05, 4.69) is 18.2 Å². The van der Waals surface area contributed by atoms with Gasteiger partial charge in [-0.3, -0.25) is 9.36 Å². The van der Waals surface area contributed by atoms with Crippen molar-refractivity contribution in [2.75, 3.05) is 20.8 Å². The molecule has 2 heterocycles. The number of benzene rings is 3. The van der Waals surface area contributed by atoms with E-state index in [1.165, 1.54) is 16.9 Å². The summed E-state index contributed by atoms with van der Waals surface area (Å²) >= 11 is 1.41. The number of aryl methyl sites for hydroxylation is 1. The summed E-state index contributed by atoms with van der Waals surface area (Å²) in [5, 5.41) is 0. The first-order chi connectivity index (χ1) is 18.6. The maximum Gasteiger partial charge on any atom is 0.271 e. The Bertz CT molecular complexity index is 1730. The van der Waals surface area contributed by atoms with E-state index < -0.39 is 0 Å². The van der Waals surface area contributed by atoms with Crippen LogP contribution < -0.4 is 29.1 Å². The molecule has 1 aromatic heterocycles. The number of allylic oxidation sites excluding steroid dienone is 1. The molecule has 0 saturated carbocycles. The Morgan fingerprint density at radius 1 is 1.00 bits per heavy atom. The Labute approximate surface area is 224 Å². The molecular formula is C31H28N2O4S. The predicted molar refractivity (Wildman–Crippen MR) is 150 cm³/mol. The third kappa shape index (κ3) is 4.13. The zero-order chi connectivity index (χ0) is 26.2. The molecule has 0 radical (unpaired) electrons. The maximum absolute atomic E-state index is 14.0. The summed E-state index contributed by atoms with van der Waals surface area (Å²) in [6, 6.07) is 21.6. The first-order valence-corrected chi connectivity index (χ1v) is 13.5. The van der Waals surface area contributed by atoms with E-state index in [0.717, 1.165) is 46.6 Å². The molecule has 4 aromatic rings. The molecule has 0 N–H and O–H groups in total. The van der Waals surface area contributed by atoms with Crippen molar-refractivity contribution in [1.82, 2.24) is 4.57 Å². The van der Waals surface area contributed by atoms with Crippen molar-refractivity contribution >= 4 is 23.1 Å². The Balaban J connectivity index is 1.59. The molecule has 0 amide bonds. The minimum Gasteiger partial charge on any atom is -0.497 e. The highest BCUT2D eigenvalue weighted by atomic mass is 32.1. The molecule has 2 aliphatic rings. The molecule has 0 bridgehead atoms. The molecule has 0 saturated heterocycles. The summed E-state index contributed by atoms with van der Waals surface area (Å²) in [6.45, 7) is 2.57.